The molecule has 0 unspecified atom stereocenters. The number of fused-ring (bicyclic) bond motifs is 1. The van der Waals surface area contributed by atoms with Crippen molar-refractivity contribution in [2.45, 2.75) is 6.92 Å². The third kappa shape index (κ3) is 3.67. The molecule has 1 aromatic heterocycles. The number of nitrogens with one attached hydrogen (secondary N) is 1. The van der Waals surface area contributed by atoms with Crippen molar-refractivity contribution in [3.8, 4) is 0 Å². The van der Waals surface area contributed by atoms with E-state index in [4.69, 9.17) is 5.11 Å². The van der Waals surface area contributed by atoms with Gasteiger partial charge in [-0.3, -0.25) is 4.79 Å². The normalized spacial score (nSPS) is 11.0. The van der Waals surface area contributed by atoms with Gasteiger partial charge < -0.3 is 10.4 Å². The Kier molecular flexibility index (Phi) is 4.39. The van der Waals surface area contributed by atoms with E-state index in [0.717, 1.165) is 27.4 Å². The highest BCUT2D eigenvalue weighted by Crippen LogP contribution is 2.24. The standard InChI is InChI=1S/C18H14N2O3S/c1-11-2-8-14-15(10-11)24-18(20-14)17(23)19-13-6-3-12(4-7-13)5-9-16(21)22/h2-10H,1H3,(H,19,23)(H,21,22)/b9-5+. The highest BCUT2D eigenvalue weighted by molar-refractivity contribution is 7.20. The topological polar surface area (TPSA) is 79.3 Å². The number of anilines is 1. The minimum Gasteiger partial charge on any atom is -0.478 e. The fraction of sp³-hybridized carbons (Fsp3) is 0.0556. The highest BCUT2D eigenvalue weighted by atomic mass is 32.1. The van der Waals surface area contributed by atoms with Crippen molar-refractivity contribution < 1.29 is 14.7 Å². The van der Waals surface area contributed by atoms with Crippen molar-refractivity contribution in [2.24, 2.45) is 0 Å². The van der Waals surface area contributed by atoms with Crippen molar-refractivity contribution in [1.29, 1.82) is 0 Å². The molecule has 0 saturated carbocycles. The molecule has 0 fully saturated rings. The third-order valence-electron chi connectivity index (χ3n) is 3.33. The molecule has 0 aliphatic rings. The summed E-state index contributed by atoms with van der Waals surface area (Å²) in [5.74, 6) is -1.26. The van der Waals surface area contributed by atoms with Gasteiger partial charge in [-0.1, -0.05) is 18.2 Å². The maximum absolute atomic E-state index is 12.3. The van der Waals surface area contributed by atoms with E-state index in [2.05, 4.69) is 10.3 Å². The lowest BCUT2D eigenvalue weighted by atomic mass is 10.2. The average molecular weight is 338 g/mol. The molecule has 3 rings (SSSR count). The van der Waals surface area contributed by atoms with E-state index in [-0.39, 0.29) is 5.91 Å². The van der Waals surface area contributed by atoms with Crippen LogP contribution in [0.5, 0.6) is 0 Å². The number of aliphatic carboxylic acids is 1. The van der Waals surface area contributed by atoms with Gasteiger partial charge in [0.05, 0.1) is 10.2 Å². The van der Waals surface area contributed by atoms with Gasteiger partial charge in [-0.25, -0.2) is 9.78 Å². The van der Waals surface area contributed by atoms with Crippen LogP contribution in [0.15, 0.2) is 48.5 Å². The number of aryl methyl sites for hydroxylation is 1. The summed E-state index contributed by atoms with van der Waals surface area (Å²) in [6.07, 6.45) is 2.56. The molecule has 1 amide bonds. The summed E-state index contributed by atoms with van der Waals surface area (Å²) in [5, 5.41) is 11.8. The van der Waals surface area contributed by atoms with Gasteiger partial charge in [-0.05, 0) is 48.4 Å². The van der Waals surface area contributed by atoms with Gasteiger partial charge in [0, 0.05) is 11.8 Å². The largest absolute Gasteiger partial charge is 0.478 e. The van der Waals surface area contributed by atoms with Crippen LogP contribution in [-0.4, -0.2) is 22.0 Å². The number of thiazole rings is 1. The third-order valence-corrected chi connectivity index (χ3v) is 4.34. The Morgan fingerprint density at radius 2 is 1.92 bits per heavy atom. The molecule has 2 aromatic carbocycles. The summed E-state index contributed by atoms with van der Waals surface area (Å²) in [5.41, 5.74) is 3.31. The van der Waals surface area contributed by atoms with E-state index in [0.29, 0.717) is 10.7 Å². The molecule has 0 radical (unpaired) electrons. The summed E-state index contributed by atoms with van der Waals surface area (Å²) in [6.45, 7) is 2.00. The molecular formula is C18H14N2O3S. The number of carboxylic acid groups (broad SMARTS) is 1. The van der Waals surface area contributed by atoms with Crippen molar-refractivity contribution >= 4 is 45.2 Å². The lowest BCUT2D eigenvalue weighted by molar-refractivity contribution is -0.131. The van der Waals surface area contributed by atoms with Gasteiger partial charge in [0.2, 0.25) is 0 Å². The monoisotopic (exact) mass is 338 g/mol. The number of nitrogens with zero attached hydrogens (tertiary/aromatic N) is 1. The van der Waals surface area contributed by atoms with Gasteiger partial charge >= 0.3 is 5.97 Å². The Hall–Kier alpha value is -2.99. The predicted molar refractivity (Wildman–Crippen MR) is 95.4 cm³/mol. The minimum atomic E-state index is -1.00. The van der Waals surface area contributed by atoms with Crippen LogP contribution in [0, 0.1) is 6.92 Å². The Labute approximate surface area is 142 Å². The zero-order valence-electron chi connectivity index (χ0n) is 12.8. The second-order valence-corrected chi connectivity index (χ2v) is 6.27. The van der Waals surface area contributed by atoms with Crippen LogP contribution in [0.1, 0.15) is 20.9 Å². The van der Waals surface area contributed by atoms with Crippen molar-refractivity contribution in [2.75, 3.05) is 5.32 Å². The van der Waals surface area contributed by atoms with Gasteiger partial charge in [0.15, 0.2) is 5.01 Å². The minimum absolute atomic E-state index is 0.261. The molecule has 0 aliphatic carbocycles. The van der Waals surface area contributed by atoms with Gasteiger partial charge in [-0.15, -0.1) is 11.3 Å². The van der Waals surface area contributed by atoms with E-state index in [1.54, 1.807) is 24.3 Å². The van der Waals surface area contributed by atoms with Crippen LogP contribution < -0.4 is 5.32 Å². The predicted octanol–water partition coefficient (Wildman–Crippen LogP) is 3.95. The molecule has 6 heteroatoms. The second kappa shape index (κ2) is 6.64. The fourth-order valence-corrected chi connectivity index (χ4v) is 3.12. The summed E-state index contributed by atoms with van der Waals surface area (Å²) >= 11 is 1.35. The number of hydrogen-bond donors (Lipinski definition) is 2. The van der Waals surface area contributed by atoms with E-state index < -0.39 is 5.97 Å². The summed E-state index contributed by atoms with van der Waals surface area (Å²) in [4.78, 5) is 27.1. The van der Waals surface area contributed by atoms with Crippen LogP contribution >= 0.6 is 11.3 Å². The molecule has 0 spiro atoms. The number of aromatic nitrogens is 1. The first-order chi connectivity index (χ1) is 11.5. The SMILES string of the molecule is Cc1ccc2nc(C(=O)Nc3ccc(/C=C/C(=O)O)cc3)sc2c1. The van der Waals surface area contributed by atoms with E-state index >= 15 is 0 Å². The first-order valence-corrected chi connectivity index (χ1v) is 8.02. The van der Waals surface area contributed by atoms with Gasteiger partial charge in [-0.2, -0.15) is 0 Å². The maximum atomic E-state index is 12.3. The van der Waals surface area contributed by atoms with Crippen LogP contribution in [-0.2, 0) is 4.79 Å². The van der Waals surface area contributed by atoms with Crippen molar-refractivity contribution in [1.82, 2.24) is 4.98 Å². The summed E-state index contributed by atoms with van der Waals surface area (Å²) < 4.78 is 0.981. The van der Waals surface area contributed by atoms with Crippen molar-refractivity contribution in [3.05, 3.63) is 64.7 Å². The Morgan fingerprint density at radius 1 is 1.17 bits per heavy atom. The lowest BCUT2D eigenvalue weighted by Gasteiger charge is -2.03. The zero-order valence-corrected chi connectivity index (χ0v) is 13.6. The average Bonchev–Trinajstić information content (AvgIpc) is 2.97. The number of carbonyl (C=O) groups excluding carboxylic acids is 1. The molecule has 24 heavy (non-hydrogen) atoms. The molecule has 0 aliphatic heterocycles. The van der Waals surface area contributed by atoms with E-state index in [1.165, 1.54) is 17.4 Å². The molecule has 1 heterocycles. The summed E-state index contributed by atoms with van der Waals surface area (Å²) in [7, 11) is 0. The van der Waals surface area contributed by atoms with Crippen LogP contribution in [0.3, 0.4) is 0 Å². The van der Waals surface area contributed by atoms with Crippen LogP contribution in [0.4, 0.5) is 5.69 Å². The maximum Gasteiger partial charge on any atom is 0.328 e. The summed E-state index contributed by atoms with van der Waals surface area (Å²) in [6, 6.07) is 12.8. The first kappa shape index (κ1) is 15.9. The number of carboxylic acids is 1. The zero-order chi connectivity index (χ0) is 17.1. The van der Waals surface area contributed by atoms with Gasteiger partial charge in [0.25, 0.3) is 5.91 Å². The van der Waals surface area contributed by atoms with E-state index in [9.17, 15) is 9.59 Å². The number of carbonyl (C=O) groups is 2. The van der Waals surface area contributed by atoms with Crippen molar-refractivity contribution in [3.63, 3.8) is 0 Å². The number of hydrogen-bond acceptors (Lipinski definition) is 4. The lowest BCUT2D eigenvalue weighted by Crippen LogP contribution is -2.11. The molecule has 3 aromatic rings. The van der Waals surface area contributed by atoms with Crippen LogP contribution in [0.2, 0.25) is 0 Å². The molecular weight excluding hydrogens is 324 g/mol. The quantitative estimate of drug-likeness (QED) is 0.706. The number of benzene rings is 2. The second-order valence-electron chi connectivity index (χ2n) is 5.24. The smallest absolute Gasteiger partial charge is 0.328 e. The first-order valence-electron chi connectivity index (χ1n) is 7.21. The molecule has 0 atom stereocenters. The Balaban J connectivity index is 1.74. The Morgan fingerprint density at radius 3 is 2.62 bits per heavy atom. The molecule has 0 bridgehead atoms. The van der Waals surface area contributed by atoms with Gasteiger partial charge in [0.1, 0.15) is 0 Å². The van der Waals surface area contributed by atoms with E-state index in [1.807, 2.05) is 25.1 Å². The highest BCUT2D eigenvalue weighted by Gasteiger charge is 2.12. The number of rotatable bonds is 4. The molecule has 120 valence electrons. The molecule has 2 N–H and O–H groups in total. The molecule has 0 saturated heterocycles. The number of amides is 1. The van der Waals surface area contributed by atoms with Crippen LogP contribution in [0.25, 0.3) is 16.3 Å². The fourth-order valence-electron chi connectivity index (χ4n) is 2.16. The Bertz CT molecular complexity index is 943. The molecule has 5 nitrogen and oxygen atoms in total.